The van der Waals surface area contributed by atoms with Crippen LogP contribution in [0.1, 0.15) is 0 Å². The predicted octanol–water partition coefficient (Wildman–Crippen LogP) is 3.94. The van der Waals surface area contributed by atoms with E-state index < -0.39 is 0 Å². The van der Waals surface area contributed by atoms with Crippen molar-refractivity contribution in [1.82, 2.24) is 0 Å². The fourth-order valence-corrected chi connectivity index (χ4v) is 3.41. The van der Waals surface area contributed by atoms with Crippen molar-refractivity contribution in [1.29, 1.82) is 0 Å². The maximum absolute atomic E-state index is 5.29. The Morgan fingerprint density at radius 3 is 1.74 bits per heavy atom. The highest BCUT2D eigenvalue weighted by Gasteiger charge is 2.21. The molecule has 0 atom stereocenters. The molecule has 0 amide bonds. The topological polar surface area (TPSA) is 21.7 Å². The summed E-state index contributed by atoms with van der Waals surface area (Å²) in [6.07, 6.45) is 0. The second-order valence-electron chi connectivity index (χ2n) is 4.33. The molecular formula is C15H15NO2S. The molecule has 0 unspecified atom stereocenters. The number of hydrogen-bond acceptors (Lipinski definition) is 4. The second kappa shape index (κ2) is 4.70. The monoisotopic (exact) mass is 273 g/mol. The summed E-state index contributed by atoms with van der Waals surface area (Å²) in [5.74, 6) is 1.76. The van der Waals surface area contributed by atoms with Crippen molar-refractivity contribution in [3.63, 3.8) is 0 Å². The van der Waals surface area contributed by atoms with E-state index in [-0.39, 0.29) is 0 Å². The Kier molecular flexibility index (Phi) is 3.03. The normalized spacial score (nSPS) is 12.7. The van der Waals surface area contributed by atoms with E-state index in [1.54, 1.807) is 26.0 Å². The highest BCUT2D eigenvalue weighted by molar-refractivity contribution is 7.99. The van der Waals surface area contributed by atoms with Gasteiger partial charge in [-0.1, -0.05) is 11.8 Å². The summed E-state index contributed by atoms with van der Waals surface area (Å²) in [5.41, 5.74) is 2.40. The molecule has 3 nitrogen and oxygen atoms in total. The van der Waals surface area contributed by atoms with Crippen LogP contribution in [0, 0.1) is 0 Å². The molecule has 4 heteroatoms. The SMILES string of the molecule is COc1ccc2c(c1)Sc1cc(OC)ccc1N2C. The highest BCUT2D eigenvalue weighted by Crippen LogP contribution is 2.49. The van der Waals surface area contributed by atoms with Gasteiger partial charge in [0.2, 0.25) is 0 Å². The van der Waals surface area contributed by atoms with Gasteiger partial charge in [-0.15, -0.1) is 0 Å². The van der Waals surface area contributed by atoms with Crippen LogP contribution in [0.4, 0.5) is 11.4 Å². The number of methoxy groups -OCH3 is 2. The van der Waals surface area contributed by atoms with Crippen LogP contribution in [0.3, 0.4) is 0 Å². The number of ether oxygens (including phenoxy) is 2. The zero-order valence-corrected chi connectivity index (χ0v) is 12.0. The van der Waals surface area contributed by atoms with Gasteiger partial charge in [0.15, 0.2) is 0 Å². The molecule has 0 saturated carbocycles. The van der Waals surface area contributed by atoms with Gasteiger partial charge in [0.1, 0.15) is 11.5 Å². The van der Waals surface area contributed by atoms with Crippen LogP contribution >= 0.6 is 11.8 Å². The van der Waals surface area contributed by atoms with Crippen LogP contribution < -0.4 is 14.4 Å². The van der Waals surface area contributed by atoms with Crippen LogP contribution in [0.15, 0.2) is 46.2 Å². The maximum Gasteiger partial charge on any atom is 0.120 e. The van der Waals surface area contributed by atoms with Gasteiger partial charge in [-0.25, -0.2) is 0 Å². The summed E-state index contributed by atoms with van der Waals surface area (Å²) in [5, 5.41) is 0. The molecule has 0 radical (unpaired) electrons. The summed E-state index contributed by atoms with van der Waals surface area (Å²) in [4.78, 5) is 4.59. The Balaban J connectivity index is 2.08. The summed E-state index contributed by atoms with van der Waals surface area (Å²) in [6, 6.07) is 12.3. The molecule has 0 fully saturated rings. The first-order valence-corrected chi connectivity index (χ1v) is 6.82. The molecular weight excluding hydrogens is 258 g/mol. The highest BCUT2D eigenvalue weighted by atomic mass is 32.2. The number of anilines is 2. The van der Waals surface area contributed by atoms with Gasteiger partial charge < -0.3 is 14.4 Å². The molecule has 2 aromatic rings. The minimum atomic E-state index is 0.881. The molecule has 0 N–H and O–H groups in total. The van der Waals surface area contributed by atoms with E-state index in [1.165, 1.54) is 21.2 Å². The summed E-state index contributed by atoms with van der Waals surface area (Å²) in [6.45, 7) is 0. The molecule has 0 bridgehead atoms. The average Bonchev–Trinajstić information content (AvgIpc) is 2.46. The molecule has 98 valence electrons. The molecule has 1 aliphatic heterocycles. The molecule has 19 heavy (non-hydrogen) atoms. The minimum Gasteiger partial charge on any atom is -0.497 e. The number of rotatable bonds is 2. The number of nitrogens with zero attached hydrogens (tertiary/aromatic N) is 1. The average molecular weight is 273 g/mol. The number of hydrogen-bond donors (Lipinski definition) is 0. The van der Waals surface area contributed by atoms with Crippen molar-refractivity contribution in [2.24, 2.45) is 0 Å². The van der Waals surface area contributed by atoms with Gasteiger partial charge >= 0.3 is 0 Å². The Morgan fingerprint density at radius 2 is 1.32 bits per heavy atom. The van der Waals surface area contributed by atoms with Crippen molar-refractivity contribution in [2.45, 2.75) is 9.79 Å². The van der Waals surface area contributed by atoms with Crippen molar-refractivity contribution >= 4 is 23.1 Å². The van der Waals surface area contributed by atoms with E-state index in [0.29, 0.717) is 0 Å². The lowest BCUT2D eigenvalue weighted by Gasteiger charge is -2.29. The molecule has 1 aliphatic rings. The first-order valence-electron chi connectivity index (χ1n) is 6.00. The van der Waals surface area contributed by atoms with E-state index in [9.17, 15) is 0 Å². The summed E-state index contributed by atoms with van der Waals surface area (Å²) in [7, 11) is 5.46. The largest absolute Gasteiger partial charge is 0.497 e. The van der Waals surface area contributed by atoms with Gasteiger partial charge in [-0.3, -0.25) is 0 Å². The summed E-state index contributed by atoms with van der Waals surface area (Å²) < 4.78 is 10.6. The number of fused-ring (bicyclic) bond motifs is 2. The van der Waals surface area contributed by atoms with Gasteiger partial charge in [0, 0.05) is 16.8 Å². The van der Waals surface area contributed by atoms with E-state index >= 15 is 0 Å². The van der Waals surface area contributed by atoms with Crippen LogP contribution in [0.5, 0.6) is 11.5 Å². The van der Waals surface area contributed by atoms with Gasteiger partial charge in [0.05, 0.1) is 25.6 Å². The molecule has 1 heterocycles. The van der Waals surface area contributed by atoms with E-state index in [1.807, 2.05) is 12.1 Å². The van der Waals surface area contributed by atoms with Crippen molar-refractivity contribution in [3.8, 4) is 11.5 Å². The zero-order valence-electron chi connectivity index (χ0n) is 11.1. The standard InChI is InChI=1S/C15H15NO2S/c1-16-12-6-4-10(17-2)8-14(12)19-15-9-11(18-3)5-7-13(15)16/h4-9H,1-3H3. The van der Waals surface area contributed by atoms with E-state index in [4.69, 9.17) is 9.47 Å². The molecule has 0 saturated heterocycles. The van der Waals surface area contributed by atoms with Crippen LogP contribution in [0.25, 0.3) is 0 Å². The number of benzene rings is 2. The lowest BCUT2D eigenvalue weighted by Crippen LogP contribution is -2.14. The predicted molar refractivity (Wildman–Crippen MR) is 78.2 cm³/mol. The fourth-order valence-electron chi connectivity index (χ4n) is 2.21. The third-order valence-corrected chi connectivity index (χ3v) is 4.37. The molecule has 0 spiro atoms. The van der Waals surface area contributed by atoms with Crippen molar-refractivity contribution in [2.75, 3.05) is 26.2 Å². The van der Waals surface area contributed by atoms with E-state index in [0.717, 1.165) is 11.5 Å². The lowest BCUT2D eigenvalue weighted by atomic mass is 10.2. The Morgan fingerprint density at radius 1 is 0.842 bits per heavy atom. The third kappa shape index (κ3) is 2.02. The first kappa shape index (κ1) is 12.2. The lowest BCUT2D eigenvalue weighted by molar-refractivity contribution is 0.413. The molecule has 2 aromatic carbocycles. The van der Waals surface area contributed by atoms with Gasteiger partial charge in [-0.2, -0.15) is 0 Å². The smallest absolute Gasteiger partial charge is 0.120 e. The first-order chi connectivity index (χ1) is 9.22. The Bertz CT molecular complexity index is 574. The van der Waals surface area contributed by atoms with Crippen LogP contribution in [-0.2, 0) is 0 Å². The summed E-state index contributed by atoms with van der Waals surface area (Å²) >= 11 is 1.74. The second-order valence-corrected chi connectivity index (χ2v) is 5.41. The maximum atomic E-state index is 5.29. The molecule has 3 rings (SSSR count). The van der Waals surface area contributed by atoms with Crippen molar-refractivity contribution in [3.05, 3.63) is 36.4 Å². The van der Waals surface area contributed by atoms with Gasteiger partial charge in [-0.05, 0) is 36.4 Å². The van der Waals surface area contributed by atoms with Crippen LogP contribution in [0.2, 0.25) is 0 Å². The van der Waals surface area contributed by atoms with Crippen LogP contribution in [-0.4, -0.2) is 21.3 Å². The minimum absolute atomic E-state index is 0.881. The van der Waals surface area contributed by atoms with E-state index in [2.05, 4.69) is 36.2 Å². The Hall–Kier alpha value is -1.81. The molecule has 0 aliphatic carbocycles. The fraction of sp³-hybridized carbons (Fsp3) is 0.200. The molecule has 0 aromatic heterocycles. The Labute approximate surface area is 117 Å². The third-order valence-electron chi connectivity index (χ3n) is 3.28. The van der Waals surface area contributed by atoms with Crippen molar-refractivity contribution < 1.29 is 9.47 Å². The quantitative estimate of drug-likeness (QED) is 0.826. The van der Waals surface area contributed by atoms with Gasteiger partial charge in [0.25, 0.3) is 0 Å². The zero-order chi connectivity index (χ0) is 13.4.